The number of allylic oxidation sites excluding steroid dienone is 6. The van der Waals surface area contributed by atoms with Crippen LogP contribution in [-0.4, -0.2) is 44.8 Å². The second-order valence-corrected chi connectivity index (χ2v) is 8.93. The van der Waals surface area contributed by atoms with Gasteiger partial charge >= 0.3 is 0 Å². The normalized spacial score (nSPS) is 15.1. The summed E-state index contributed by atoms with van der Waals surface area (Å²) in [6, 6.07) is 10.3. The molecule has 0 spiro atoms. The minimum atomic E-state index is 0.0953. The number of quaternary nitrogens is 1. The van der Waals surface area contributed by atoms with Crippen molar-refractivity contribution in [1.82, 2.24) is 0 Å². The van der Waals surface area contributed by atoms with Crippen molar-refractivity contribution in [2.45, 2.75) is 46.5 Å². The van der Waals surface area contributed by atoms with Crippen LogP contribution in [0.25, 0.3) is 10.9 Å². The van der Waals surface area contributed by atoms with Crippen molar-refractivity contribution < 1.29 is 9.22 Å². The average Bonchev–Trinajstić information content (AvgIpc) is 2.86. The summed E-state index contributed by atoms with van der Waals surface area (Å²) in [6.45, 7) is 19.0. The van der Waals surface area contributed by atoms with Gasteiger partial charge in [-0.05, 0) is 81.5 Å². The summed E-state index contributed by atoms with van der Waals surface area (Å²) in [5.74, 6) is 1.47. The van der Waals surface area contributed by atoms with Gasteiger partial charge in [-0.2, -0.15) is 0 Å². The van der Waals surface area contributed by atoms with E-state index in [0.717, 1.165) is 36.3 Å². The van der Waals surface area contributed by atoms with Crippen molar-refractivity contribution in [2.24, 2.45) is 0 Å². The van der Waals surface area contributed by atoms with Gasteiger partial charge in [0, 0.05) is 26.2 Å². The Morgan fingerprint density at radius 3 is 2.26 bits per heavy atom. The Bertz CT molecular complexity index is 985. The molecule has 1 aliphatic heterocycles. The second kappa shape index (κ2) is 13.4. The Balaban J connectivity index is 2.06. The largest absolute Gasteiger partial charge is 0.462 e. The fourth-order valence-corrected chi connectivity index (χ4v) is 4.21. The Kier molecular flexibility index (Phi) is 10.7. The van der Waals surface area contributed by atoms with E-state index >= 15 is 0 Å². The maximum Gasteiger partial charge on any atom is 0.269 e. The molecule has 0 radical (unpaired) electrons. The van der Waals surface area contributed by atoms with Crippen LogP contribution in [0, 0.1) is 17.9 Å². The molecule has 0 aromatic heterocycles. The third-order valence-corrected chi connectivity index (χ3v) is 6.77. The summed E-state index contributed by atoms with van der Waals surface area (Å²) in [5.41, 5.74) is 2.93. The molecule has 34 heavy (non-hydrogen) atoms. The second-order valence-electron chi connectivity index (χ2n) is 8.93. The van der Waals surface area contributed by atoms with E-state index < -0.39 is 0 Å². The van der Waals surface area contributed by atoms with Crippen LogP contribution in [0.4, 0.5) is 5.69 Å². The summed E-state index contributed by atoms with van der Waals surface area (Å²) >= 11 is 0. The smallest absolute Gasteiger partial charge is 0.269 e. The van der Waals surface area contributed by atoms with Crippen molar-refractivity contribution in [3.05, 3.63) is 82.3 Å². The van der Waals surface area contributed by atoms with Crippen LogP contribution in [0.5, 0.6) is 0 Å². The zero-order valence-electron chi connectivity index (χ0n) is 21.5. The summed E-state index contributed by atoms with van der Waals surface area (Å²) in [4.78, 5) is 5.46. The number of nitriles is 1. The van der Waals surface area contributed by atoms with Crippen LogP contribution in [0.3, 0.4) is 0 Å². The number of ether oxygens (including phenoxy) is 1. The SMILES string of the molecule is [C-]#[N+]/C(C#N)=C1C=C(/C=C/c2ccc(N(C)C)cc2)OC(CCCCC[N+](CC)(CC)CC)=C\1. The Labute approximate surface area is 206 Å². The van der Waals surface area contributed by atoms with Crippen molar-refractivity contribution in [1.29, 1.82) is 5.26 Å². The molecule has 0 saturated heterocycles. The van der Waals surface area contributed by atoms with Crippen molar-refractivity contribution >= 4 is 11.8 Å². The third kappa shape index (κ3) is 7.65. The molecule has 180 valence electrons. The molecule has 1 aromatic rings. The number of hydrogen-bond acceptors (Lipinski definition) is 3. The number of hydrogen-bond donors (Lipinski definition) is 0. The van der Waals surface area contributed by atoms with Crippen molar-refractivity contribution in [2.75, 3.05) is 45.2 Å². The van der Waals surface area contributed by atoms with Gasteiger partial charge in [0.15, 0.2) is 0 Å². The van der Waals surface area contributed by atoms with Gasteiger partial charge in [0.05, 0.1) is 38.8 Å². The van der Waals surface area contributed by atoms with Crippen LogP contribution < -0.4 is 4.90 Å². The molecule has 0 saturated carbocycles. The predicted molar refractivity (Wildman–Crippen MR) is 142 cm³/mol. The van der Waals surface area contributed by atoms with Gasteiger partial charge in [-0.1, -0.05) is 18.2 Å². The zero-order chi connectivity index (χ0) is 25.0. The number of benzene rings is 1. The highest BCUT2D eigenvalue weighted by Gasteiger charge is 2.19. The molecule has 0 atom stereocenters. The Hall–Kier alpha value is -3.28. The first kappa shape index (κ1) is 27.0. The molecule has 0 fully saturated rings. The van der Waals surface area contributed by atoms with Crippen LogP contribution >= 0.6 is 0 Å². The van der Waals surface area contributed by atoms with Crippen LogP contribution in [0.15, 0.2) is 65.3 Å². The lowest BCUT2D eigenvalue weighted by molar-refractivity contribution is -0.923. The monoisotopic (exact) mass is 459 g/mol. The lowest BCUT2D eigenvalue weighted by Crippen LogP contribution is -2.48. The van der Waals surface area contributed by atoms with Crippen LogP contribution in [0.1, 0.15) is 52.0 Å². The molecule has 5 nitrogen and oxygen atoms in total. The average molecular weight is 460 g/mol. The minimum absolute atomic E-state index is 0.0953. The predicted octanol–water partition coefficient (Wildman–Crippen LogP) is 6.70. The zero-order valence-corrected chi connectivity index (χ0v) is 21.5. The standard InChI is InChI=1S/C29H39N4O/c1-7-33(8-2,9-3)20-12-10-11-13-27-21-25(29(23-30)31-4)22-28(34-27)19-16-24-14-17-26(18-15-24)32(5)6/h14-19,21-22H,7-13,20H2,1-3,5-6H3/q+1/b19-16+,29-25-. The van der Waals surface area contributed by atoms with E-state index in [-0.39, 0.29) is 5.70 Å². The van der Waals surface area contributed by atoms with E-state index in [1.165, 1.54) is 37.1 Å². The molecule has 5 heteroatoms. The number of nitrogens with zero attached hydrogens (tertiary/aromatic N) is 4. The third-order valence-electron chi connectivity index (χ3n) is 6.77. The minimum Gasteiger partial charge on any atom is -0.462 e. The first-order valence-electron chi connectivity index (χ1n) is 12.3. The van der Waals surface area contributed by atoms with Gasteiger partial charge < -0.3 is 14.1 Å². The maximum absolute atomic E-state index is 9.38. The van der Waals surface area contributed by atoms with E-state index in [1.807, 2.05) is 38.4 Å². The fraction of sp³-hybridized carbons (Fsp3) is 0.448. The topological polar surface area (TPSA) is 40.6 Å². The molecule has 0 unspecified atom stereocenters. The molecule has 0 aliphatic carbocycles. The molecule has 1 heterocycles. The summed E-state index contributed by atoms with van der Waals surface area (Å²) < 4.78 is 7.30. The molecule has 0 N–H and O–H groups in total. The van der Waals surface area contributed by atoms with Crippen molar-refractivity contribution in [3.8, 4) is 6.07 Å². The molecule has 1 aliphatic rings. The number of rotatable bonds is 12. The molecular weight excluding hydrogens is 420 g/mol. The first-order chi connectivity index (χ1) is 16.4. The molecule has 0 amide bonds. The maximum atomic E-state index is 9.38. The van der Waals surface area contributed by atoms with Gasteiger partial charge in [-0.25, -0.2) is 10.1 Å². The first-order valence-corrected chi connectivity index (χ1v) is 12.3. The molecule has 2 rings (SSSR count). The van der Waals surface area contributed by atoms with Crippen LogP contribution in [0.2, 0.25) is 0 Å². The van der Waals surface area contributed by atoms with E-state index in [2.05, 4.69) is 54.8 Å². The summed E-state index contributed by atoms with van der Waals surface area (Å²) in [5, 5.41) is 9.38. The van der Waals surface area contributed by atoms with Gasteiger partial charge in [0.2, 0.25) is 0 Å². The van der Waals surface area contributed by atoms with E-state index in [0.29, 0.717) is 11.3 Å². The Morgan fingerprint density at radius 2 is 1.71 bits per heavy atom. The van der Waals surface area contributed by atoms with Gasteiger partial charge in [-0.15, -0.1) is 0 Å². The summed E-state index contributed by atoms with van der Waals surface area (Å²) in [7, 11) is 4.04. The van der Waals surface area contributed by atoms with Crippen LogP contribution in [-0.2, 0) is 4.74 Å². The number of anilines is 1. The quantitative estimate of drug-likeness (QED) is 0.151. The number of unbranched alkanes of at least 4 members (excludes halogenated alkanes) is 2. The van der Waals surface area contributed by atoms with Gasteiger partial charge in [-0.3, -0.25) is 0 Å². The van der Waals surface area contributed by atoms with E-state index in [4.69, 9.17) is 11.3 Å². The van der Waals surface area contributed by atoms with E-state index in [1.54, 1.807) is 6.08 Å². The van der Waals surface area contributed by atoms with E-state index in [9.17, 15) is 5.26 Å². The molecular formula is C29H39N4O+. The molecule has 1 aromatic carbocycles. The highest BCUT2D eigenvalue weighted by Crippen LogP contribution is 2.27. The van der Waals surface area contributed by atoms with Crippen molar-refractivity contribution in [3.63, 3.8) is 0 Å². The molecule has 0 bridgehead atoms. The highest BCUT2D eigenvalue weighted by atomic mass is 16.5. The summed E-state index contributed by atoms with van der Waals surface area (Å²) in [6.07, 6.45) is 11.7. The van der Waals surface area contributed by atoms with Gasteiger partial charge in [0.1, 0.15) is 11.5 Å². The Morgan fingerprint density at radius 1 is 1.03 bits per heavy atom. The van der Waals surface area contributed by atoms with Gasteiger partial charge in [0.25, 0.3) is 5.70 Å². The lowest BCUT2D eigenvalue weighted by atomic mass is 10.1. The lowest BCUT2D eigenvalue weighted by Gasteiger charge is -2.35. The highest BCUT2D eigenvalue weighted by molar-refractivity contribution is 5.58. The fourth-order valence-electron chi connectivity index (χ4n) is 4.21.